The van der Waals surface area contributed by atoms with Gasteiger partial charge in [0.05, 0.1) is 35.5 Å². The van der Waals surface area contributed by atoms with Crippen LogP contribution in [0.25, 0.3) is 16.0 Å². The molecule has 0 radical (unpaired) electrons. The number of anilines is 1. The highest BCUT2D eigenvalue weighted by Gasteiger charge is 2.48. The average molecular weight is 565 g/mol. The number of hydrogen-bond donors (Lipinski definition) is 1. The van der Waals surface area contributed by atoms with Gasteiger partial charge in [-0.3, -0.25) is 14.5 Å². The van der Waals surface area contributed by atoms with Crippen LogP contribution in [-0.4, -0.2) is 35.5 Å². The number of nitrogens with zero attached hydrogens (tertiary/aromatic N) is 2. The van der Waals surface area contributed by atoms with Crippen LogP contribution in [0.2, 0.25) is 0 Å². The van der Waals surface area contributed by atoms with Gasteiger partial charge in [0.2, 0.25) is 0 Å². The van der Waals surface area contributed by atoms with Crippen LogP contribution < -0.4 is 14.4 Å². The van der Waals surface area contributed by atoms with Crippen LogP contribution >= 0.6 is 27.3 Å². The third-order valence-electron chi connectivity index (χ3n) is 5.86. The fourth-order valence-electron chi connectivity index (χ4n) is 4.14. The molecule has 3 aromatic carbocycles. The van der Waals surface area contributed by atoms with Gasteiger partial charge in [0.25, 0.3) is 5.78 Å². The highest BCUT2D eigenvalue weighted by atomic mass is 79.9. The number of thiazole rings is 1. The normalized spacial score (nSPS) is 17.1. The van der Waals surface area contributed by atoms with E-state index in [0.717, 1.165) is 9.17 Å². The number of aliphatic hydroxyl groups excluding tert-OH is 1. The molecular formula is C27H21BrN2O5S. The molecular weight excluding hydrogens is 544 g/mol. The zero-order chi connectivity index (χ0) is 25.4. The molecule has 9 heteroatoms. The first-order valence-electron chi connectivity index (χ1n) is 11.2. The molecule has 0 aliphatic carbocycles. The predicted octanol–water partition coefficient (Wildman–Crippen LogP) is 6.09. The van der Waals surface area contributed by atoms with E-state index in [1.54, 1.807) is 43.5 Å². The first-order chi connectivity index (χ1) is 17.4. The number of ketones is 1. The van der Waals surface area contributed by atoms with E-state index in [0.29, 0.717) is 39.9 Å². The molecule has 1 aliphatic heterocycles. The van der Waals surface area contributed by atoms with E-state index in [1.165, 1.54) is 16.2 Å². The second-order valence-corrected chi connectivity index (χ2v) is 9.93. The Hall–Kier alpha value is -3.69. The molecule has 1 fully saturated rings. The molecule has 1 atom stereocenters. The average Bonchev–Trinajstić information content (AvgIpc) is 3.42. The van der Waals surface area contributed by atoms with Crippen molar-refractivity contribution in [1.29, 1.82) is 0 Å². The fourth-order valence-corrected chi connectivity index (χ4v) is 5.43. The van der Waals surface area contributed by atoms with Gasteiger partial charge in [0, 0.05) is 10.0 Å². The van der Waals surface area contributed by atoms with Crippen molar-refractivity contribution in [2.75, 3.05) is 18.6 Å². The highest BCUT2D eigenvalue weighted by molar-refractivity contribution is 9.10. The minimum atomic E-state index is -0.855. The lowest BCUT2D eigenvalue weighted by molar-refractivity contribution is -0.132. The number of rotatable bonds is 6. The fraction of sp³-hybridized carbons (Fsp3) is 0.148. The lowest BCUT2D eigenvalue weighted by Gasteiger charge is -2.23. The molecule has 0 bridgehead atoms. The van der Waals surface area contributed by atoms with Crippen molar-refractivity contribution >= 4 is 60.1 Å². The summed E-state index contributed by atoms with van der Waals surface area (Å²) in [4.78, 5) is 32.7. The Morgan fingerprint density at radius 3 is 2.42 bits per heavy atom. The smallest absolute Gasteiger partial charge is 0.301 e. The number of fused-ring (bicyclic) bond motifs is 1. The van der Waals surface area contributed by atoms with Gasteiger partial charge in [0.15, 0.2) is 5.13 Å². The standard InChI is InChI=1S/C27H21BrN2O5S/c1-3-35-18-10-6-16(7-11-18)24(31)22-23(15-4-8-17(28)9-5-15)30(26(33)25(22)32)27-29-20-13-12-19(34-2)14-21(20)36-27/h4-14,23,31H,3H2,1-2H3/b24-22+/t23-/m1/s1. The summed E-state index contributed by atoms with van der Waals surface area (Å²) in [5.41, 5.74) is 1.76. The molecule has 5 rings (SSSR count). The summed E-state index contributed by atoms with van der Waals surface area (Å²) >= 11 is 4.71. The third-order valence-corrected chi connectivity index (χ3v) is 7.41. The Morgan fingerprint density at radius 1 is 1.06 bits per heavy atom. The molecule has 2 heterocycles. The number of carbonyl (C=O) groups excluding carboxylic acids is 2. The molecule has 0 spiro atoms. The van der Waals surface area contributed by atoms with Gasteiger partial charge in [-0.2, -0.15) is 0 Å². The second kappa shape index (κ2) is 9.75. The van der Waals surface area contributed by atoms with Crippen LogP contribution in [0, 0.1) is 0 Å². The van der Waals surface area contributed by atoms with E-state index in [9.17, 15) is 14.7 Å². The maximum absolute atomic E-state index is 13.4. The predicted molar refractivity (Wildman–Crippen MR) is 143 cm³/mol. The number of amides is 1. The molecule has 0 unspecified atom stereocenters. The topological polar surface area (TPSA) is 89.0 Å². The van der Waals surface area contributed by atoms with Crippen LogP contribution in [0.3, 0.4) is 0 Å². The first kappa shape index (κ1) is 24.0. The maximum Gasteiger partial charge on any atom is 0.301 e. The number of aliphatic hydroxyl groups is 1. The summed E-state index contributed by atoms with van der Waals surface area (Å²) in [6.07, 6.45) is 0. The molecule has 1 saturated heterocycles. The lowest BCUT2D eigenvalue weighted by Crippen LogP contribution is -2.29. The molecule has 0 saturated carbocycles. The van der Waals surface area contributed by atoms with Gasteiger partial charge < -0.3 is 14.6 Å². The molecule has 1 aromatic heterocycles. The minimum absolute atomic E-state index is 0.00307. The van der Waals surface area contributed by atoms with E-state index >= 15 is 0 Å². The Morgan fingerprint density at radius 2 is 1.75 bits per heavy atom. The van der Waals surface area contributed by atoms with Crippen LogP contribution in [-0.2, 0) is 9.59 Å². The molecule has 182 valence electrons. The van der Waals surface area contributed by atoms with Gasteiger partial charge in [-0.05, 0) is 67.1 Å². The van der Waals surface area contributed by atoms with E-state index in [-0.39, 0.29) is 11.3 Å². The van der Waals surface area contributed by atoms with Crippen molar-refractivity contribution in [2.24, 2.45) is 0 Å². The Kier molecular flexibility index (Phi) is 6.51. The quantitative estimate of drug-likeness (QED) is 0.173. The minimum Gasteiger partial charge on any atom is -0.507 e. The summed E-state index contributed by atoms with van der Waals surface area (Å²) < 4.78 is 12.4. The Balaban J connectivity index is 1.67. The summed E-state index contributed by atoms with van der Waals surface area (Å²) in [5, 5.41) is 11.6. The van der Waals surface area contributed by atoms with Gasteiger partial charge in [-0.25, -0.2) is 4.98 Å². The number of ether oxygens (including phenoxy) is 2. The SMILES string of the molecule is CCOc1ccc(/C(O)=C2\C(=O)C(=O)N(c3nc4ccc(OC)cc4s3)[C@@H]2c2ccc(Br)cc2)cc1. The van der Waals surface area contributed by atoms with E-state index < -0.39 is 17.7 Å². The third kappa shape index (κ3) is 4.25. The summed E-state index contributed by atoms with van der Waals surface area (Å²) in [5.74, 6) is -0.467. The van der Waals surface area contributed by atoms with Crippen LogP contribution in [0.4, 0.5) is 5.13 Å². The van der Waals surface area contributed by atoms with Crippen molar-refractivity contribution in [3.63, 3.8) is 0 Å². The van der Waals surface area contributed by atoms with E-state index in [2.05, 4.69) is 20.9 Å². The van der Waals surface area contributed by atoms with Gasteiger partial charge in [0.1, 0.15) is 17.3 Å². The summed E-state index contributed by atoms with van der Waals surface area (Å²) in [6.45, 7) is 2.39. The monoisotopic (exact) mass is 564 g/mol. The largest absolute Gasteiger partial charge is 0.507 e. The zero-order valence-corrected chi connectivity index (χ0v) is 21.8. The van der Waals surface area contributed by atoms with Crippen molar-refractivity contribution in [3.05, 3.63) is 87.9 Å². The van der Waals surface area contributed by atoms with Crippen molar-refractivity contribution < 1.29 is 24.2 Å². The number of halogens is 1. The number of benzene rings is 3. The van der Waals surface area contributed by atoms with Crippen LogP contribution in [0.15, 0.2) is 76.8 Å². The summed E-state index contributed by atoms with van der Waals surface area (Å²) in [6, 6.07) is 18.6. The van der Waals surface area contributed by atoms with Gasteiger partial charge >= 0.3 is 5.91 Å². The van der Waals surface area contributed by atoms with E-state index in [1.807, 2.05) is 37.3 Å². The van der Waals surface area contributed by atoms with Gasteiger partial charge in [-0.1, -0.05) is 39.4 Å². The maximum atomic E-state index is 13.4. The van der Waals surface area contributed by atoms with Crippen molar-refractivity contribution in [2.45, 2.75) is 13.0 Å². The summed E-state index contributed by atoms with van der Waals surface area (Å²) in [7, 11) is 1.58. The Bertz CT molecular complexity index is 1500. The first-order valence-corrected chi connectivity index (χ1v) is 12.8. The lowest BCUT2D eigenvalue weighted by atomic mass is 9.95. The molecule has 1 N–H and O–H groups in total. The number of hydrogen-bond acceptors (Lipinski definition) is 7. The van der Waals surface area contributed by atoms with Gasteiger partial charge in [-0.15, -0.1) is 0 Å². The van der Waals surface area contributed by atoms with Crippen molar-refractivity contribution in [1.82, 2.24) is 4.98 Å². The number of Topliss-reactive ketones (excluding diaryl/α,β-unsaturated/α-hetero) is 1. The molecule has 4 aromatic rings. The number of methoxy groups -OCH3 is 1. The molecule has 1 amide bonds. The Labute approximate surface area is 219 Å². The highest BCUT2D eigenvalue weighted by Crippen LogP contribution is 2.44. The second-order valence-electron chi connectivity index (χ2n) is 8.01. The number of aromatic nitrogens is 1. The van der Waals surface area contributed by atoms with Crippen molar-refractivity contribution in [3.8, 4) is 11.5 Å². The molecule has 7 nitrogen and oxygen atoms in total. The molecule has 36 heavy (non-hydrogen) atoms. The molecule has 1 aliphatic rings. The van der Waals surface area contributed by atoms with Crippen LogP contribution in [0.1, 0.15) is 24.1 Å². The number of carbonyl (C=O) groups is 2. The van der Waals surface area contributed by atoms with Crippen LogP contribution in [0.5, 0.6) is 11.5 Å². The zero-order valence-electron chi connectivity index (χ0n) is 19.4. The van der Waals surface area contributed by atoms with E-state index in [4.69, 9.17) is 9.47 Å².